The lowest BCUT2D eigenvalue weighted by Crippen LogP contribution is -2.24. The Labute approximate surface area is 86.8 Å². The smallest absolute Gasteiger partial charge is 0.358 e. The van der Waals surface area contributed by atoms with Gasteiger partial charge in [-0.3, -0.25) is 5.32 Å². The zero-order valence-electron chi connectivity index (χ0n) is 8.43. The van der Waals surface area contributed by atoms with Gasteiger partial charge in [-0.15, -0.1) is 0 Å². The van der Waals surface area contributed by atoms with E-state index in [2.05, 4.69) is 10.4 Å². The third-order valence-electron chi connectivity index (χ3n) is 2.51. The summed E-state index contributed by atoms with van der Waals surface area (Å²) in [4.78, 5) is 11.1. The lowest BCUT2D eigenvalue weighted by Gasteiger charge is -2.12. The molecule has 6 heteroatoms. The predicted molar refractivity (Wildman–Crippen MR) is 52.0 cm³/mol. The molecule has 0 radical (unpaired) electrons. The van der Waals surface area contributed by atoms with Crippen molar-refractivity contribution >= 4 is 5.97 Å². The average molecular weight is 211 g/mol. The molecule has 6 nitrogen and oxygen atoms in total. The van der Waals surface area contributed by atoms with E-state index >= 15 is 0 Å². The van der Waals surface area contributed by atoms with Gasteiger partial charge in [0.15, 0.2) is 11.4 Å². The highest BCUT2D eigenvalue weighted by molar-refractivity contribution is 5.88. The maximum Gasteiger partial charge on any atom is 0.358 e. The van der Waals surface area contributed by atoms with Crippen molar-refractivity contribution in [3.05, 3.63) is 11.9 Å². The molecule has 0 bridgehead atoms. The molecule has 2 heterocycles. The van der Waals surface area contributed by atoms with Crippen molar-refractivity contribution in [1.82, 2.24) is 15.1 Å². The molecule has 82 valence electrons. The van der Waals surface area contributed by atoms with Gasteiger partial charge in [-0.1, -0.05) is 0 Å². The quantitative estimate of drug-likeness (QED) is 0.760. The topological polar surface area (TPSA) is 76.4 Å². The van der Waals surface area contributed by atoms with Crippen molar-refractivity contribution in [3.8, 4) is 5.75 Å². The van der Waals surface area contributed by atoms with Crippen LogP contribution < -0.4 is 10.1 Å². The van der Waals surface area contributed by atoms with Gasteiger partial charge in [0.25, 0.3) is 0 Å². The number of ether oxygens (including phenoxy) is 1. The van der Waals surface area contributed by atoms with Crippen LogP contribution in [0.15, 0.2) is 6.20 Å². The van der Waals surface area contributed by atoms with Crippen LogP contribution >= 0.6 is 0 Å². The zero-order chi connectivity index (χ0) is 10.8. The summed E-state index contributed by atoms with van der Waals surface area (Å²) in [5.41, 5.74) is 0.108. The van der Waals surface area contributed by atoms with Gasteiger partial charge in [0.05, 0.1) is 13.3 Å². The summed E-state index contributed by atoms with van der Waals surface area (Å²) in [5, 5.41) is 16.3. The Morgan fingerprint density at radius 1 is 1.80 bits per heavy atom. The van der Waals surface area contributed by atoms with Gasteiger partial charge in [0.2, 0.25) is 0 Å². The number of carboxylic acid groups (broad SMARTS) is 1. The maximum atomic E-state index is 11.1. The van der Waals surface area contributed by atoms with E-state index in [0.29, 0.717) is 5.75 Å². The van der Waals surface area contributed by atoms with Gasteiger partial charge in [0, 0.05) is 0 Å². The molecule has 1 fully saturated rings. The maximum absolute atomic E-state index is 11.1. The molecular weight excluding hydrogens is 198 g/mol. The number of hydrogen-bond acceptors (Lipinski definition) is 4. The van der Waals surface area contributed by atoms with Crippen LogP contribution in [0.4, 0.5) is 0 Å². The monoisotopic (exact) mass is 211 g/mol. The van der Waals surface area contributed by atoms with E-state index in [-0.39, 0.29) is 11.9 Å². The minimum Gasteiger partial charge on any atom is -0.493 e. The second kappa shape index (κ2) is 3.90. The van der Waals surface area contributed by atoms with Gasteiger partial charge in [0.1, 0.15) is 6.17 Å². The molecule has 1 atom stereocenters. The molecular formula is C9H13N3O3. The Morgan fingerprint density at radius 3 is 3.13 bits per heavy atom. The van der Waals surface area contributed by atoms with E-state index in [1.165, 1.54) is 18.0 Å². The predicted octanol–water partition coefficient (Wildman–Crippen LogP) is 0.472. The summed E-state index contributed by atoms with van der Waals surface area (Å²) in [5.74, 6) is -0.714. The van der Waals surface area contributed by atoms with E-state index < -0.39 is 5.97 Å². The third kappa shape index (κ3) is 1.68. The average Bonchev–Trinajstić information content (AvgIpc) is 2.85. The van der Waals surface area contributed by atoms with Crippen LogP contribution in [0.5, 0.6) is 5.75 Å². The second-order valence-corrected chi connectivity index (χ2v) is 3.42. The SMILES string of the molecule is COc1cnn(C2CCCN2)c1C(=O)O. The number of hydrogen-bond donors (Lipinski definition) is 2. The standard InChI is InChI=1S/C9H13N3O3/c1-15-6-5-11-12(8(6)9(13)14)7-3-2-4-10-7/h5,7,10H,2-4H2,1H3,(H,13,14). The minimum absolute atomic E-state index is 0.0278. The molecule has 0 amide bonds. The third-order valence-corrected chi connectivity index (χ3v) is 2.51. The number of rotatable bonds is 3. The van der Waals surface area contributed by atoms with Crippen molar-refractivity contribution in [1.29, 1.82) is 0 Å². The van der Waals surface area contributed by atoms with Crippen LogP contribution in [0.25, 0.3) is 0 Å². The lowest BCUT2D eigenvalue weighted by atomic mass is 10.3. The first kappa shape index (κ1) is 9.97. The second-order valence-electron chi connectivity index (χ2n) is 3.42. The van der Waals surface area contributed by atoms with Crippen LogP contribution in [-0.4, -0.2) is 34.5 Å². The Balaban J connectivity index is 2.37. The Kier molecular flexibility index (Phi) is 2.59. The van der Waals surface area contributed by atoms with E-state index in [9.17, 15) is 4.79 Å². The number of nitrogens with zero attached hydrogens (tertiary/aromatic N) is 2. The van der Waals surface area contributed by atoms with E-state index in [0.717, 1.165) is 19.4 Å². The molecule has 0 saturated carbocycles. The first-order valence-corrected chi connectivity index (χ1v) is 4.82. The van der Waals surface area contributed by atoms with E-state index in [1.807, 2.05) is 0 Å². The number of aromatic carboxylic acids is 1. The molecule has 0 aliphatic carbocycles. The van der Waals surface area contributed by atoms with Crippen LogP contribution in [0.2, 0.25) is 0 Å². The molecule has 2 N–H and O–H groups in total. The van der Waals surface area contributed by atoms with Crippen molar-refractivity contribution in [2.24, 2.45) is 0 Å². The highest BCUT2D eigenvalue weighted by Gasteiger charge is 2.25. The molecule has 0 spiro atoms. The Morgan fingerprint density at radius 2 is 2.60 bits per heavy atom. The van der Waals surface area contributed by atoms with Gasteiger partial charge in [-0.2, -0.15) is 5.10 Å². The van der Waals surface area contributed by atoms with Crippen LogP contribution in [0, 0.1) is 0 Å². The summed E-state index contributed by atoms with van der Waals surface area (Å²) >= 11 is 0. The fourth-order valence-electron chi connectivity index (χ4n) is 1.81. The fraction of sp³-hybridized carbons (Fsp3) is 0.556. The highest BCUT2D eigenvalue weighted by Crippen LogP contribution is 2.24. The summed E-state index contributed by atoms with van der Waals surface area (Å²) in [6, 6.07) is 0. The molecule has 1 aliphatic rings. The number of aromatic nitrogens is 2. The Hall–Kier alpha value is -1.56. The van der Waals surface area contributed by atoms with Gasteiger partial charge in [-0.25, -0.2) is 9.48 Å². The number of carbonyl (C=O) groups is 1. The van der Waals surface area contributed by atoms with Gasteiger partial charge >= 0.3 is 5.97 Å². The zero-order valence-corrected chi connectivity index (χ0v) is 8.43. The molecule has 2 rings (SSSR count). The van der Waals surface area contributed by atoms with Gasteiger partial charge < -0.3 is 9.84 Å². The molecule has 1 aliphatic heterocycles. The van der Waals surface area contributed by atoms with Crippen molar-refractivity contribution in [2.45, 2.75) is 19.0 Å². The minimum atomic E-state index is -1.02. The van der Waals surface area contributed by atoms with Crippen LogP contribution in [-0.2, 0) is 0 Å². The molecule has 15 heavy (non-hydrogen) atoms. The highest BCUT2D eigenvalue weighted by atomic mass is 16.5. The van der Waals surface area contributed by atoms with Crippen molar-refractivity contribution in [2.75, 3.05) is 13.7 Å². The van der Waals surface area contributed by atoms with Crippen LogP contribution in [0.1, 0.15) is 29.5 Å². The lowest BCUT2D eigenvalue weighted by molar-refractivity contribution is 0.0675. The summed E-state index contributed by atoms with van der Waals surface area (Å²) in [6.07, 6.45) is 3.33. The number of carboxylic acids is 1. The molecule has 1 aromatic rings. The van der Waals surface area contributed by atoms with E-state index in [4.69, 9.17) is 9.84 Å². The first-order valence-electron chi connectivity index (χ1n) is 4.82. The number of methoxy groups -OCH3 is 1. The first-order chi connectivity index (χ1) is 7.24. The van der Waals surface area contributed by atoms with Crippen LogP contribution in [0.3, 0.4) is 0 Å². The van der Waals surface area contributed by atoms with Gasteiger partial charge in [-0.05, 0) is 19.4 Å². The number of nitrogens with one attached hydrogen (secondary N) is 1. The van der Waals surface area contributed by atoms with Crippen molar-refractivity contribution < 1.29 is 14.6 Å². The summed E-state index contributed by atoms with van der Waals surface area (Å²) in [7, 11) is 1.44. The fourth-order valence-corrected chi connectivity index (χ4v) is 1.81. The largest absolute Gasteiger partial charge is 0.493 e. The Bertz CT molecular complexity index is 369. The molecule has 1 unspecified atom stereocenters. The summed E-state index contributed by atoms with van der Waals surface area (Å²) < 4.78 is 6.44. The van der Waals surface area contributed by atoms with Crippen molar-refractivity contribution in [3.63, 3.8) is 0 Å². The van der Waals surface area contributed by atoms with E-state index in [1.54, 1.807) is 0 Å². The molecule has 0 aromatic carbocycles. The molecule has 1 aromatic heterocycles. The molecule has 1 saturated heterocycles. The summed E-state index contributed by atoms with van der Waals surface area (Å²) in [6.45, 7) is 0.895. The normalized spacial score (nSPS) is 20.5.